The van der Waals surface area contributed by atoms with Gasteiger partial charge in [-0.05, 0) is 54.8 Å². The van der Waals surface area contributed by atoms with Crippen molar-refractivity contribution in [2.24, 2.45) is 0 Å². The number of aryl methyl sites for hydroxylation is 1. The highest BCUT2D eigenvalue weighted by Gasteiger charge is 2.03. The van der Waals surface area contributed by atoms with Crippen molar-refractivity contribution in [3.8, 4) is 12.3 Å². The number of halogens is 1. The maximum atomic E-state index is 5.88. The fraction of sp³-hybridized carbons (Fsp3) is 0.167. The maximum Gasteiger partial charge on any atom is 0.133 e. The molecule has 106 valence electrons. The van der Waals surface area contributed by atoms with Crippen LogP contribution in [-0.4, -0.2) is 11.5 Å². The first-order chi connectivity index (χ1) is 10.2. The lowest BCUT2D eigenvalue weighted by atomic mass is 10.1. The summed E-state index contributed by atoms with van der Waals surface area (Å²) in [6.07, 6.45) is 11.6. The third-order valence-corrected chi connectivity index (χ3v) is 3.43. The van der Waals surface area contributed by atoms with E-state index in [0.717, 1.165) is 34.9 Å². The maximum absolute atomic E-state index is 5.88. The SMILES string of the molecule is C#C/C=C\c1c(C)ccnc1NCCc1ccc(Cl)cc1. The van der Waals surface area contributed by atoms with Crippen molar-refractivity contribution in [2.45, 2.75) is 13.3 Å². The van der Waals surface area contributed by atoms with E-state index in [1.807, 2.05) is 43.3 Å². The Kier molecular flexibility index (Phi) is 5.43. The Hall–Kier alpha value is -2.24. The molecular formula is C18H17ClN2. The summed E-state index contributed by atoms with van der Waals surface area (Å²) in [5.74, 6) is 3.37. The smallest absolute Gasteiger partial charge is 0.133 e. The van der Waals surface area contributed by atoms with Crippen molar-refractivity contribution >= 4 is 23.5 Å². The van der Waals surface area contributed by atoms with Gasteiger partial charge in [0.1, 0.15) is 5.82 Å². The number of hydrogen-bond acceptors (Lipinski definition) is 2. The number of nitrogens with zero attached hydrogens (tertiary/aromatic N) is 1. The summed E-state index contributed by atoms with van der Waals surface area (Å²) in [6.45, 7) is 2.84. The quantitative estimate of drug-likeness (QED) is 0.830. The molecule has 1 heterocycles. The van der Waals surface area contributed by atoms with Crippen LogP contribution in [0.2, 0.25) is 5.02 Å². The largest absolute Gasteiger partial charge is 0.369 e. The Labute approximate surface area is 130 Å². The van der Waals surface area contributed by atoms with Gasteiger partial charge in [-0.15, -0.1) is 6.42 Å². The van der Waals surface area contributed by atoms with Crippen molar-refractivity contribution in [3.63, 3.8) is 0 Å². The van der Waals surface area contributed by atoms with Gasteiger partial charge in [-0.25, -0.2) is 4.98 Å². The minimum atomic E-state index is 0.758. The van der Waals surface area contributed by atoms with Crippen LogP contribution in [0, 0.1) is 19.3 Å². The molecule has 0 aliphatic carbocycles. The molecule has 0 amide bonds. The van der Waals surface area contributed by atoms with Gasteiger partial charge in [0.05, 0.1) is 0 Å². The number of allylic oxidation sites excluding steroid dienone is 1. The van der Waals surface area contributed by atoms with Gasteiger partial charge in [0, 0.05) is 23.3 Å². The number of pyridine rings is 1. The summed E-state index contributed by atoms with van der Waals surface area (Å²) >= 11 is 5.88. The summed E-state index contributed by atoms with van der Waals surface area (Å²) in [4.78, 5) is 4.39. The van der Waals surface area contributed by atoms with Gasteiger partial charge in [-0.2, -0.15) is 0 Å². The average molecular weight is 297 g/mol. The Morgan fingerprint density at radius 2 is 2.05 bits per heavy atom. The van der Waals surface area contributed by atoms with Crippen molar-refractivity contribution < 1.29 is 0 Å². The molecule has 0 spiro atoms. The predicted octanol–water partition coefficient (Wildman–Crippen LogP) is 4.34. The first-order valence-corrected chi connectivity index (χ1v) is 7.15. The molecule has 1 aromatic carbocycles. The lowest BCUT2D eigenvalue weighted by molar-refractivity contribution is 1.00. The molecule has 2 rings (SSSR count). The molecule has 0 atom stereocenters. The standard InChI is InChI=1S/C18H17ClN2/c1-3-4-5-17-14(2)10-12-20-18(17)21-13-11-15-6-8-16(19)9-7-15/h1,4-10,12H,11,13H2,2H3,(H,20,21)/b5-4-. The molecule has 0 fully saturated rings. The van der Waals surface area contributed by atoms with E-state index < -0.39 is 0 Å². The van der Waals surface area contributed by atoms with Crippen LogP contribution in [0.4, 0.5) is 5.82 Å². The van der Waals surface area contributed by atoms with E-state index in [2.05, 4.69) is 16.2 Å². The van der Waals surface area contributed by atoms with Crippen LogP contribution < -0.4 is 5.32 Å². The lowest BCUT2D eigenvalue weighted by Crippen LogP contribution is -2.08. The number of hydrogen-bond donors (Lipinski definition) is 1. The molecule has 21 heavy (non-hydrogen) atoms. The molecule has 0 saturated heterocycles. The van der Waals surface area contributed by atoms with Crippen molar-refractivity contribution in [2.75, 3.05) is 11.9 Å². The molecule has 0 radical (unpaired) electrons. The fourth-order valence-electron chi connectivity index (χ4n) is 2.03. The predicted molar refractivity (Wildman–Crippen MR) is 90.5 cm³/mol. The van der Waals surface area contributed by atoms with Crippen LogP contribution in [0.3, 0.4) is 0 Å². The van der Waals surface area contributed by atoms with Crippen LogP contribution >= 0.6 is 11.6 Å². The number of aromatic nitrogens is 1. The van der Waals surface area contributed by atoms with Gasteiger partial charge >= 0.3 is 0 Å². The number of benzene rings is 1. The molecule has 0 unspecified atom stereocenters. The lowest BCUT2D eigenvalue weighted by Gasteiger charge is -2.10. The second-order valence-electron chi connectivity index (χ2n) is 4.69. The Balaban J connectivity index is 2.03. The van der Waals surface area contributed by atoms with E-state index in [1.54, 1.807) is 12.3 Å². The van der Waals surface area contributed by atoms with E-state index in [4.69, 9.17) is 18.0 Å². The van der Waals surface area contributed by atoms with Gasteiger partial charge in [0.2, 0.25) is 0 Å². The summed E-state index contributed by atoms with van der Waals surface area (Å²) in [5, 5.41) is 4.12. The minimum absolute atomic E-state index is 0.758. The molecule has 3 heteroatoms. The van der Waals surface area contributed by atoms with Gasteiger partial charge in [0.25, 0.3) is 0 Å². The summed E-state index contributed by atoms with van der Waals surface area (Å²) in [6, 6.07) is 9.85. The number of anilines is 1. The molecule has 2 aromatic rings. The second kappa shape index (κ2) is 7.52. The first kappa shape index (κ1) is 15.2. The van der Waals surface area contributed by atoms with Crippen LogP contribution in [0.1, 0.15) is 16.7 Å². The average Bonchev–Trinajstić information content (AvgIpc) is 2.49. The minimum Gasteiger partial charge on any atom is -0.369 e. The van der Waals surface area contributed by atoms with Crippen LogP contribution in [-0.2, 0) is 6.42 Å². The highest BCUT2D eigenvalue weighted by atomic mass is 35.5. The summed E-state index contributed by atoms with van der Waals surface area (Å²) in [5.41, 5.74) is 3.41. The molecule has 0 aliphatic rings. The summed E-state index contributed by atoms with van der Waals surface area (Å²) < 4.78 is 0. The van der Waals surface area contributed by atoms with Gasteiger partial charge in [-0.3, -0.25) is 0 Å². The Morgan fingerprint density at radius 3 is 2.76 bits per heavy atom. The van der Waals surface area contributed by atoms with Gasteiger partial charge in [0.15, 0.2) is 0 Å². The van der Waals surface area contributed by atoms with Crippen molar-refractivity contribution in [3.05, 3.63) is 64.3 Å². The highest BCUT2D eigenvalue weighted by molar-refractivity contribution is 6.30. The zero-order chi connectivity index (χ0) is 15.1. The molecule has 0 bridgehead atoms. The third-order valence-electron chi connectivity index (χ3n) is 3.17. The molecule has 0 saturated carbocycles. The zero-order valence-electron chi connectivity index (χ0n) is 11.9. The zero-order valence-corrected chi connectivity index (χ0v) is 12.7. The molecule has 0 aliphatic heterocycles. The van der Waals surface area contributed by atoms with E-state index >= 15 is 0 Å². The van der Waals surface area contributed by atoms with Crippen LogP contribution in [0.25, 0.3) is 6.08 Å². The van der Waals surface area contributed by atoms with E-state index in [9.17, 15) is 0 Å². The number of nitrogens with one attached hydrogen (secondary N) is 1. The topological polar surface area (TPSA) is 24.9 Å². The molecule has 1 N–H and O–H groups in total. The Bertz CT molecular complexity index is 667. The second-order valence-corrected chi connectivity index (χ2v) is 5.13. The Morgan fingerprint density at radius 1 is 1.29 bits per heavy atom. The van der Waals surface area contributed by atoms with Crippen molar-refractivity contribution in [1.82, 2.24) is 4.98 Å². The summed E-state index contributed by atoms with van der Waals surface area (Å²) in [7, 11) is 0. The molecule has 1 aromatic heterocycles. The molecular weight excluding hydrogens is 280 g/mol. The van der Waals surface area contributed by atoms with Gasteiger partial charge < -0.3 is 5.32 Å². The van der Waals surface area contributed by atoms with E-state index in [1.165, 1.54) is 5.56 Å². The number of terminal acetylenes is 1. The van der Waals surface area contributed by atoms with Crippen molar-refractivity contribution in [1.29, 1.82) is 0 Å². The third kappa shape index (κ3) is 4.37. The van der Waals surface area contributed by atoms with E-state index in [0.29, 0.717) is 0 Å². The van der Waals surface area contributed by atoms with Crippen LogP contribution in [0.5, 0.6) is 0 Å². The van der Waals surface area contributed by atoms with E-state index in [-0.39, 0.29) is 0 Å². The molecule has 2 nitrogen and oxygen atoms in total. The fourth-order valence-corrected chi connectivity index (χ4v) is 2.15. The monoisotopic (exact) mass is 296 g/mol. The number of rotatable bonds is 5. The first-order valence-electron chi connectivity index (χ1n) is 6.77. The highest BCUT2D eigenvalue weighted by Crippen LogP contribution is 2.18. The van der Waals surface area contributed by atoms with Crippen LogP contribution in [0.15, 0.2) is 42.6 Å². The normalized spacial score (nSPS) is 10.5. The van der Waals surface area contributed by atoms with Gasteiger partial charge in [-0.1, -0.05) is 29.7 Å².